The molecule has 0 saturated carbocycles. The molecule has 0 radical (unpaired) electrons. The average molecular weight is 467 g/mol. The summed E-state index contributed by atoms with van der Waals surface area (Å²) in [6.45, 7) is 16.2. The lowest BCUT2D eigenvalue weighted by Crippen LogP contribution is -2.10. The molecule has 0 aliphatic rings. The fraction of sp³-hybridized carbons (Fsp3) is 0.286. The molecule has 0 spiro atoms. The first-order chi connectivity index (χ1) is 16.2. The molecule has 0 fully saturated rings. The van der Waals surface area contributed by atoms with E-state index in [9.17, 15) is 9.59 Å². The van der Waals surface area contributed by atoms with Gasteiger partial charge < -0.3 is 18.9 Å². The first kappa shape index (κ1) is 28.2. The van der Waals surface area contributed by atoms with E-state index < -0.39 is 5.97 Å². The molecule has 6 heteroatoms. The molecule has 0 aromatic heterocycles. The van der Waals surface area contributed by atoms with Crippen molar-refractivity contribution in [3.63, 3.8) is 0 Å². The molecule has 0 aliphatic heterocycles. The standard InChI is InChI=1S/C14H16O4.C14H18O2/c1-3-14(15)18-11-9-16-8-10-17-13-6-4-12(2)5-7-13;1-5-13(15)16-10-11-6-8-12(9-7-11)14(2,3)4/h3-7,9,11H,1,8,10H2,2H3;5-9H,1,10H2,2-4H3/b11-9+;. The predicted molar refractivity (Wildman–Crippen MR) is 133 cm³/mol. The molecule has 182 valence electrons. The number of carbonyl (C=O) groups excluding carboxylic acids is 2. The highest BCUT2D eigenvalue weighted by molar-refractivity contribution is 5.81. The lowest BCUT2D eigenvalue weighted by molar-refractivity contribution is -0.139. The Hall–Kier alpha value is -3.80. The van der Waals surface area contributed by atoms with Gasteiger partial charge >= 0.3 is 11.9 Å². The summed E-state index contributed by atoms with van der Waals surface area (Å²) in [7, 11) is 0. The van der Waals surface area contributed by atoms with E-state index in [1.54, 1.807) is 0 Å². The first-order valence-electron chi connectivity index (χ1n) is 10.8. The summed E-state index contributed by atoms with van der Waals surface area (Å²) in [6, 6.07) is 15.9. The summed E-state index contributed by atoms with van der Waals surface area (Å²) in [5, 5.41) is 0. The molecule has 0 amide bonds. The molecular weight excluding hydrogens is 432 g/mol. The van der Waals surface area contributed by atoms with Crippen LogP contribution in [0.3, 0.4) is 0 Å². The second-order valence-electron chi connectivity index (χ2n) is 8.20. The highest BCUT2D eigenvalue weighted by atomic mass is 16.6. The van der Waals surface area contributed by atoms with E-state index in [1.165, 1.54) is 23.5 Å². The van der Waals surface area contributed by atoms with Crippen molar-refractivity contribution in [2.75, 3.05) is 13.2 Å². The van der Waals surface area contributed by atoms with Crippen molar-refractivity contribution < 1.29 is 28.5 Å². The van der Waals surface area contributed by atoms with Crippen LogP contribution in [-0.4, -0.2) is 25.2 Å². The Kier molecular flexibility index (Phi) is 12.5. The molecule has 0 unspecified atom stereocenters. The summed E-state index contributed by atoms with van der Waals surface area (Å²) in [6.07, 6.45) is 4.70. The molecule has 0 saturated heterocycles. The summed E-state index contributed by atoms with van der Waals surface area (Å²) in [4.78, 5) is 21.5. The summed E-state index contributed by atoms with van der Waals surface area (Å²) in [5.74, 6) is -0.114. The van der Waals surface area contributed by atoms with Crippen LogP contribution in [0.1, 0.15) is 37.5 Å². The second kappa shape index (κ2) is 15.1. The molecular formula is C28H34O6. The molecule has 34 heavy (non-hydrogen) atoms. The van der Waals surface area contributed by atoms with Crippen LogP contribution in [0.4, 0.5) is 0 Å². The van der Waals surface area contributed by atoms with Gasteiger partial charge in [0.2, 0.25) is 0 Å². The van der Waals surface area contributed by atoms with Crippen molar-refractivity contribution in [1.82, 2.24) is 0 Å². The maximum absolute atomic E-state index is 10.9. The Labute approximate surface area is 202 Å². The van der Waals surface area contributed by atoms with E-state index in [4.69, 9.17) is 14.2 Å². The number of aryl methyl sites for hydroxylation is 1. The first-order valence-corrected chi connectivity index (χ1v) is 10.8. The Balaban J connectivity index is 0.000000342. The van der Waals surface area contributed by atoms with Gasteiger partial charge in [-0.15, -0.1) is 0 Å². The SMILES string of the molecule is C=CC(=O)O/C=C/OCCOc1ccc(C)cc1.C=CC(=O)OCc1ccc(C(C)(C)C)cc1. The normalized spacial score (nSPS) is 10.5. The number of carbonyl (C=O) groups is 2. The molecule has 0 atom stereocenters. The van der Waals surface area contributed by atoms with Crippen LogP contribution in [0.15, 0.2) is 86.4 Å². The van der Waals surface area contributed by atoms with Crippen LogP contribution in [0, 0.1) is 6.92 Å². The fourth-order valence-electron chi connectivity index (χ4n) is 2.41. The Morgan fingerprint density at radius 1 is 0.853 bits per heavy atom. The van der Waals surface area contributed by atoms with Crippen LogP contribution < -0.4 is 4.74 Å². The van der Waals surface area contributed by atoms with Gasteiger partial charge in [-0.3, -0.25) is 0 Å². The van der Waals surface area contributed by atoms with Crippen LogP contribution in [0.2, 0.25) is 0 Å². The summed E-state index contributed by atoms with van der Waals surface area (Å²) >= 11 is 0. The minimum atomic E-state index is -0.522. The number of hydrogen-bond acceptors (Lipinski definition) is 6. The van der Waals surface area contributed by atoms with Gasteiger partial charge in [0.1, 0.15) is 38.1 Å². The molecule has 0 aliphatic carbocycles. The highest BCUT2D eigenvalue weighted by Crippen LogP contribution is 2.22. The predicted octanol–water partition coefficient (Wildman–Crippen LogP) is 5.80. The Morgan fingerprint density at radius 3 is 2.03 bits per heavy atom. The maximum atomic E-state index is 10.9. The monoisotopic (exact) mass is 466 g/mol. The zero-order chi connectivity index (χ0) is 25.4. The van der Waals surface area contributed by atoms with Gasteiger partial charge in [0.05, 0.1) is 0 Å². The van der Waals surface area contributed by atoms with Crippen molar-refractivity contribution >= 4 is 11.9 Å². The third kappa shape index (κ3) is 12.3. The smallest absolute Gasteiger partial charge is 0.335 e. The lowest BCUT2D eigenvalue weighted by atomic mass is 9.87. The van der Waals surface area contributed by atoms with E-state index in [-0.39, 0.29) is 11.4 Å². The fourth-order valence-corrected chi connectivity index (χ4v) is 2.41. The summed E-state index contributed by atoms with van der Waals surface area (Å²) in [5.41, 5.74) is 3.59. The van der Waals surface area contributed by atoms with Crippen LogP contribution >= 0.6 is 0 Å². The van der Waals surface area contributed by atoms with Crippen molar-refractivity contribution in [2.45, 2.75) is 39.7 Å². The second-order valence-corrected chi connectivity index (χ2v) is 8.20. The third-order valence-electron chi connectivity index (χ3n) is 4.36. The van der Waals surface area contributed by atoms with Crippen molar-refractivity contribution in [1.29, 1.82) is 0 Å². The largest absolute Gasteiger partial charge is 0.494 e. The van der Waals surface area contributed by atoms with Gasteiger partial charge in [-0.2, -0.15) is 0 Å². The number of benzene rings is 2. The molecule has 2 aromatic rings. The summed E-state index contributed by atoms with van der Waals surface area (Å²) < 4.78 is 20.0. The van der Waals surface area contributed by atoms with Crippen molar-refractivity contribution in [2.24, 2.45) is 0 Å². The van der Waals surface area contributed by atoms with Gasteiger partial charge in [0, 0.05) is 12.2 Å². The number of ether oxygens (including phenoxy) is 4. The van der Waals surface area contributed by atoms with Crippen molar-refractivity contribution in [3.8, 4) is 5.75 Å². The Bertz CT molecular complexity index is 934. The quantitative estimate of drug-likeness (QED) is 0.191. The van der Waals surface area contributed by atoms with Gasteiger partial charge in [-0.1, -0.05) is 75.9 Å². The average Bonchev–Trinajstić information content (AvgIpc) is 2.83. The molecule has 0 heterocycles. The minimum absolute atomic E-state index is 0.149. The maximum Gasteiger partial charge on any atom is 0.335 e. The van der Waals surface area contributed by atoms with Crippen LogP contribution in [0.5, 0.6) is 5.75 Å². The van der Waals surface area contributed by atoms with Gasteiger partial charge in [-0.05, 0) is 35.6 Å². The molecule has 0 N–H and O–H groups in total. The topological polar surface area (TPSA) is 71.1 Å². The molecule has 0 bridgehead atoms. The molecule has 6 nitrogen and oxygen atoms in total. The zero-order valence-corrected chi connectivity index (χ0v) is 20.4. The van der Waals surface area contributed by atoms with Crippen LogP contribution in [-0.2, 0) is 35.8 Å². The van der Waals surface area contributed by atoms with E-state index in [2.05, 4.69) is 50.8 Å². The van der Waals surface area contributed by atoms with Gasteiger partial charge in [-0.25, -0.2) is 9.59 Å². The molecule has 2 rings (SSSR count). The van der Waals surface area contributed by atoms with E-state index in [0.717, 1.165) is 23.7 Å². The van der Waals surface area contributed by atoms with E-state index >= 15 is 0 Å². The van der Waals surface area contributed by atoms with Crippen molar-refractivity contribution in [3.05, 3.63) is 103 Å². The van der Waals surface area contributed by atoms with E-state index in [1.807, 2.05) is 43.3 Å². The number of esters is 2. The van der Waals surface area contributed by atoms with E-state index in [0.29, 0.717) is 19.8 Å². The van der Waals surface area contributed by atoms with Gasteiger partial charge in [0.25, 0.3) is 0 Å². The molecule has 2 aromatic carbocycles. The number of hydrogen-bond donors (Lipinski definition) is 0. The minimum Gasteiger partial charge on any atom is -0.494 e. The van der Waals surface area contributed by atoms with Crippen LogP contribution in [0.25, 0.3) is 0 Å². The van der Waals surface area contributed by atoms with Gasteiger partial charge in [0.15, 0.2) is 0 Å². The number of rotatable bonds is 10. The third-order valence-corrected chi connectivity index (χ3v) is 4.36. The Morgan fingerprint density at radius 2 is 1.47 bits per heavy atom. The zero-order valence-electron chi connectivity index (χ0n) is 20.4. The highest BCUT2D eigenvalue weighted by Gasteiger charge is 2.12. The lowest BCUT2D eigenvalue weighted by Gasteiger charge is -2.19.